The lowest BCUT2D eigenvalue weighted by Gasteiger charge is -2.19. The van der Waals surface area contributed by atoms with Crippen LogP contribution in [0.1, 0.15) is 71.2 Å². The summed E-state index contributed by atoms with van der Waals surface area (Å²) < 4.78 is 10.8. The minimum atomic E-state index is -0.686. The van der Waals surface area contributed by atoms with Gasteiger partial charge in [0.25, 0.3) is 5.91 Å². The van der Waals surface area contributed by atoms with Crippen LogP contribution in [0.5, 0.6) is 0 Å². The largest absolute Gasteiger partial charge is 0.456 e. The summed E-state index contributed by atoms with van der Waals surface area (Å²) in [5.41, 5.74) is 6.56. The zero-order valence-electron chi connectivity index (χ0n) is 27.1. The van der Waals surface area contributed by atoms with Crippen molar-refractivity contribution in [2.75, 3.05) is 11.1 Å². The molecule has 0 unspecified atom stereocenters. The molecule has 48 heavy (non-hydrogen) atoms. The highest BCUT2D eigenvalue weighted by molar-refractivity contribution is 7.17. The summed E-state index contributed by atoms with van der Waals surface area (Å²) in [5, 5.41) is 4.60. The lowest BCUT2D eigenvalue weighted by molar-refractivity contribution is 0.00633. The molecule has 9 nitrogen and oxygen atoms in total. The molecule has 250 valence electrons. The molecular weight excluding hydrogens is 691 g/mol. The number of hydrogen-bond acceptors (Lipinski definition) is 10. The van der Waals surface area contributed by atoms with E-state index in [0.29, 0.717) is 14.9 Å². The Bertz CT molecular complexity index is 1910. The number of hydrogen-bond donors (Lipinski definition) is 2. The Hall–Kier alpha value is -4.29. The first-order valence-corrected chi connectivity index (χ1v) is 17.0. The van der Waals surface area contributed by atoms with Crippen LogP contribution in [0.2, 0.25) is 10.0 Å². The minimum absolute atomic E-state index is 0.124. The molecule has 5 aromatic rings. The Morgan fingerprint density at radius 2 is 1.19 bits per heavy atom. The van der Waals surface area contributed by atoms with Gasteiger partial charge in [-0.3, -0.25) is 4.79 Å². The van der Waals surface area contributed by atoms with Gasteiger partial charge < -0.3 is 20.5 Å². The molecule has 3 aromatic carbocycles. The number of esters is 2. The lowest BCUT2D eigenvalue weighted by atomic mass is 10.2. The number of thiazole rings is 2. The topological polar surface area (TPSA) is 134 Å². The second-order valence-electron chi connectivity index (χ2n) is 12.2. The first-order chi connectivity index (χ1) is 22.5. The minimum Gasteiger partial charge on any atom is -0.456 e. The van der Waals surface area contributed by atoms with Gasteiger partial charge in [0.05, 0.1) is 10.6 Å². The molecule has 0 fully saturated rings. The van der Waals surface area contributed by atoms with E-state index in [1.165, 1.54) is 23.5 Å². The Labute approximate surface area is 297 Å². The normalized spacial score (nSPS) is 11.2. The molecule has 0 aliphatic rings. The number of carbonyl (C=O) groups excluding carboxylic acids is 3. The number of amides is 1. The first kappa shape index (κ1) is 36.5. The molecule has 0 aliphatic heterocycles. The van der Waals surface area contributed by atoms with E-state index in [-0.39, 0.29) is 27.1 Å². The second-order valence-corrected chi connectivity index (χ2v) is 15.1. The average Bonchev–Trinajstić information content (AvgIpc) is 3.60. The summed E-state index contributed by atoms with van der Waals surface area (Å²) in [5.74, 6) is -1.14. The third-order valence-electron chi connectivity index (χ3n) is 5.90. The fourth-order valence-corrected chi connectivity index (χ4v) is 6.19. The summed E-state index contributed by atoms with van der Waals surface area (Å²) in [6.45, 7) is 10.8. The number of nitrogens with one attached hydrogen (secondary N) is 1. The van der Waals surface area contributed by atoms with Crippen LogP contribution in [0.25, 0.3) is 21.1 Å². The van der Waals surface area contributed by atoms with Crippen molar-refractivity contribution in [2.24, 2.45) is 0 Å². The van der Waals surface area contributed by atoms with Gasteiger partial charge in [-0.1, -0.05) is 83.9 Å². The smallest absolute Gasteiger partial charge is 0.352 e. The van der Waals surface area contributed by atoms with Crippen molar-refractivity contribution < 1.29 is 23.9 Å². The predicted molar refractivity (Wildman–Crippen MR) is 194 cm³/mol. The SMILES string of the molecule is CC(C)(C)OC(=O)c1sc(-c2ccccc2)nc1N.CC(C)(C)OC(=O)c1sc(-c2ccccc2)nc1NC(=O)c1ccc(Cl)cc1Cl. The van der Waals surface area contributed by atoms with Gasteiger partial charge in [-0.05, 0) is 59.7 Å². The molecule has 3 N–H and O–H groups in total. The number of nitrogens with zero attached hydrogens (tertiary/aromatic N) is 2. The fraction of sp³-hybridized carbons (Fsp3) is 0.229. The number of anilines is 2. The molecule has 1 amide bonds. The standard InChI is InChI=1S/C21H18Cl2N2O3S.C14H16N2O2S/c1-21(2,3)28-20(27)16-17(25-19(29-16)12-7-5-4-6-8-12)24-18(26)14-10-9-13(22)11-15(14)23;1-14(2,3)18-13(17)10-11(15)16-12(19-10)9-7-5-4-6-8-9/h4-11H,1-3H3,(H,24,26);4-8H,15H2,1-3H3. The molecule has 5 rings (SSSR count). The van der Waals surface area contributed by atoms with Crippen molar-refractivity contribution in [1.29, 1.82) is 0 Å². The van der Waals surface area contributed by atoms with E-state index in [1.807, 2.05) is 81.4 Å². The van der Waals surface area contributed by atoms with Crippen molar-refractivity contribution in [2.45, 2.75) is 52.7 Å². The average molecular weight is 726 g/mol. The van der Waals surface area contributed by atoms with E-state index in [1.54, 1.807) is 26.8 Å². The summed E-state index contributed by atoms with van der Waals surface area (Å²) >= 11 is 14.4. The van der Waals surface area contributed by atoms with E-state index in [0.717, 1.165) is 27.5 Å². The highest BCUT2D eigenvalue weighted by Gasteiger charge is 2.27. The van der Waals surface area contributed by atoms with Crippen LogP contribution >= 0.6 is 45.9 Å². The number of nitrogen functional groups attached to an aromatic ring is 1. The van der Waals surface area contributed by atoms with E-state index >= 15 is 0 Å². The number of halogens is 2. The number of rotatable bonds is 6. The maximum absolute atomic E-state index is 12.7. The monoisotopic (exact) mass is 724 g/mol. The summed E-state index contributed by atoms with van der Waals surface area (Å²) in [4.78, 5) is 46.7. The first-order valence-electron chi connectivity index (χ1n) is 14.6. The van der Waals surface area contributed by atoms with Crippen molar-refractivity contribution in [3.8, 4) is 21.1 Å². The number of benzene rings is 3. The van der Waals surface area contributed by atoms with Crippen LogP contribution in [-0.4, -0.2) is 39.0 Å². The molecule has 2 heterocycles. The predicted octanol–water partition coefficient (Wildman–Crippen LogP) is 9.67. The third-order valence-corrected chi connectivity index (χ3v) is 8.63. The number of nitrogens with two attached hydrogens (primary N) is 1. The van der Waals surface area contributed by atoms with Gasteiger partial charge in [0.2, 0.25) is 0 Å². The summed E-state index contributed by atoms with van der Waals surface area (Å²) in [6.07, 6.45) is 0. The van der Waals surface area contributed by atoms with Gasteiger partial charge in [-0.15, -0.1) is 22.7 Å². The van der Waals surface area contributed by atoms with Crippen molar-refractivity contribution in [1.82, 2.24) is 9.97 Å². The van der Waals surface area contributed by atoms with Crippen molar-refractivity contribution in [3.05, 3.63) is 104 Å². The molecule has 0 aliphatic carbocycles. The van der Waals surface area contributed by atoms with Gasteiger partial charge in [0.1, 0.15) is 27.0 Å². The zero-order valence-corrected chi connectivity index (χ0v) is 30.2. The molecule has 13 heteroatoms. The van der Waals surface area contributed by atoms with Crippen LogP contribution in [-0.2, 0) is 9.47 Å². The molecule has 0 saturated carbocycles. The van der Waals surface area contributed by atoms with Gasteiger partial charge >= 0.3 is 11.9 Å². The molecule has 0 radical (unpaired) electrons. The summed E-state index contributed by atoms with van der Waals surface area (Å²) in [7, 11) is 0. The number of ether oxygens (including phenoxy) is 2. The van der Waals surface area contributed by atoms with Gasteiger partial charge in [-0.2, -0.15) is 0 Å². The number of carbonyl (C=O) groups is 3. The molecule has 2 aromatic heterocycles. The zero-order chi connectivity index (χ0) is 35.2. The maximum Gasteiger partial charge on any atom is 0.352 e. The van der Waals surface area contributed by atoms with E-state index in [9.17, 15) is 14.4 Å². The summed E-state index contributed by atoms with van der Waals surface area (Å²) in [6, 6.07) is 23.5. The van der Waals surface area contributed by atoms with Gasteiger partial charge in [0.15, 0.2) is 15.6 Å². The second kappa shape index (κ2) is 15.3. The Balaban J connectivity index is 0.000000237. The van der Waals surface area contributed by atoms with Gasteiger partial charge in [0, 0.05) is 16.1 Å². The fourth-order valence-electron chi connectivity index (χ4n) is 3.93. The molecule has 0 spiro atoms. The Morgan fingerprint density at radius 1 is 0.708 bits per heavy atom. The highest BCUT2D eigenvalue weighted by atomic mass is 35.5. The van der Waals surface area contributed by atoms with Crippen LogP contribution in [0.15, 0.2) is 78.9 Å². The van der Waals surface area contributed by atoms with Crippen LogP contribution in [0.3, 0.4) is 0 Å². The highest BCUT2D eigenvalue weighted by Crippen LogP contribution is 2.34. The number of aromatic nitrogens is 2. The van der Waals surface area contributed by atoms with E-state index < -0.39 is 29.0 Å². The molecule has 0 saturated heterocycles. The van der Waals surface area contributed by atoms with Crippen LogP contribution in [0, 0.1) is 0 Å². The van der Waals surface area contributed by atoms with Crippen molar-refractivity contribution in [3.63, 3.8) is 0 Å². The molecule has 0 bridgehead atoms. The van der Waals surface area contributed by atoms with Crippen LogP contribution in [0.4, 0.5) is 11.6 Å². The molecular formula is C35H34Cl2N4O5S2. The quantitative estimate of drug-likeness (QED) is 0.165. The molecule has 0 atom stereocenters. The maximum atomic E-state index is 12.7. The van der Waals surface area contributed by atoms with Crippen LogP contribution < -0.4 is 11.1 Å². The Morgan fingerprint density at radius 3 is 1.69 bits per heavy atom. The van der Waals surface area contributed by atoms with E-state index in [2.05, 4.69) is 15.3 Å². The van der Waals surface area contributed by atoms with E-state index in [4.69, 9.17) is 38.4 Å². The van der Waals surface area contributed by atoms with Crippen molar-refractivity contribution >= 4 is 75.4 Å². The lowest BCUT2D eigenvalue weighted by Crippen LogP contribution is -2.24. The Kier molecular flexibility index (Phi) is 11.6. The van der Waals surface area contributed by atoms with Gasteiger partial charge in [-0.25, -0.2) is 19.6 Å². The third kappa shape index (κ3) is 10.1.